The molecule has 0 unspecified atom stereocenters. The summed E-state index contributed by atoms with van der Waals surface area (Å²) in [4.78, 5) is 14.5. The molecule has 0 bridgehead atoms. The molecule has 0 aromatic carbocycles. The number of aromatic nitrogens is 1. The number of esters is 1. The van der Waals surface area contributed by atoms with Crippen LogP contribution in [-0.4, -0.2) is 24.4 Å². The van der Waals surface area contributed by atoms with Crippen LogP contribution in [0.3, 0.4) is 0 Å². The van der Waals surface area contributed by atoms with Gasteiger partial charge >= 0.3 is 12.3 Å². The molecule has 1 aromatic rings. The van der Waals surface area contributed by atoms with Crippen LogP contribution in [0.15, 0.2) is 16.7 Å². The standard InChI is InChI=1S/C8H5BrF3NO3/c1-15-7(14)6-5(9)2-4(3-13-6)16-8(10,11)12/h2-3H,1H3. The van der Waals surface area contributed by atoms with Crippen molar-refractivity contribution in [2.45, 2.75) is 6.36 Å². The number of methoxy groups -OCH3 is 1. The minimum atomic E-state index is -4.80. The van der Waals surface area contributed by atoms with E-state index in [4.69, 9.17) is 0 Å². The number of nitrogens with zero attached hydrogens (tertiary/aromatic N) is 1. The van der Waals surface area contributed by atoms with E-state index in [9.17, 15) is 18.0 Å². The number of alkyl halides is 3. The Hall–Kier alpha value is -1.31. The highest BCUT2D eigenvalue weighted by Crippen LogP contribution is 2.26. The monoisotopic (exact) mass is 299 g/mol. The molecule has 4 nitrogen and oxygen atoms in total. The molecule has 1 heterocycles. The molecule has 1 rings (SSSR count). The lowest BCUT2D eigenvalue weighted by Crippen LogP contribution is -2.17. The maximum atomic E-state index is 11.8. The van der Waals surface area contributed by atoms with Gasteiger partial charge in [0.2, 0.25) is 0 Å². The third-order valence-electron chi connectivity index (χ3n) is 1.43. The summed E-state index contributed by atoms with van der Waals surface area (Å²) in [6.07, 6.45) is -4.02. The molecule has 16 heavy (non-hydrogen) atoms. The summed E-state index contributed by atoms with van der Waals surface area (Å²) in [7, 11) is 1.14. The highest BCUT2D eigenvalue weighted by molar-refractivity contribution is 9.10. The van der Waals surface area contributed by atoms with Crippen molar-refractivity contribution in [3.63, 3.8) is 0 Å². The van der Waals surface area contributed by atoms with Crippen LogP contribution in [-0.2, 0) is 4.74 Å². The van der Waals surface area contributed by atoms with Crippen molar-refractivity contribution in [1.29, 1.82) is 0 Å². The van der Waals surface area contributed by atoms with Gasteiger partial charge in [-0.05, 0) is 22.0 Å². The molecule has 0 amide bonds. The molecular weight excluding hydrogens is 295 g/mol. The van der Waals surface area contributed by atoms with Crippen LogP contribution < -0.4 is 4.74 Å². The van der Waals surface area contributed by atoms with Crippen LogP contribution in [0.5, 0.6) is 5.75 Å². The zero-order chi connectivity index (χ0) is 12.3. The number of pyridine rings is 1. The van der Waals surface area contributed by atoms with Crippen LogP contribution in [0.2, 0.25) is 0 Å². The predicted octanol–water partition coefficient (Wildman–Crippen LogP) is 2.53. The van der Waals surface area contributed by atoms with E-state index in [2.05, 4.69) is 30.4 Å². The SMILES string of the molecule is COC(=O)c1ncc(OC(F)(F)F)cc1Br. The second-order valence-electron chi connectivity index (χ2n) is 2.54. The summed E-state index contributed by atoms with van der Waals surface area (Å²) in [5, 5.41) is 0. The Kier molecular flexibility index (Phi) is 3.74. The van der Waals surface area contributed by atoms with E-state index in [1.807, 2.05) is 0 Å². The lowest BCUT2D eigenvalue weighted by atomic mass is 10.3. The van der Waals surface area contributed by atoms with Crippen LogP contribution >= 0.6 is 15.9 Å². The number of carbonyl (C=O) groups is 1. The van der Waals surface area contributed by atoms with Crippen LogP contribution in [0, 0.1) is 0 Å². The summed E-state index contributed by atoms with van der Waals surface area (Å²) < 4.78 is 43.6. The van der Waals surface area contributed by atoms with Gasteiger partial charge in [0, 0.05) is 0 Å². The van der Waals surface area contributed by atoms with E-state index in [0.29, 0.717) is 0 Å². The second-order valence-corrected chi connectivity index (χ2v) is 3.40. The largest absolute Gasteiger partial charge is 0.573 e. The van der Waals surface area contributed by atoms with Gasteiger partial charge in [0.15, 0.2) is 5.69 Å². The fourth-order valence-electron chi connectivity index (χ4n) is 0.857. The molecule has 88 valence electrons. The van der Waals surface area contributed by atoms with Gasteiger partial charge in [-0.1, -0.05) is 0 Å². The van der Waals surface area contributed by atoms with E-state index < -0.39 is 18.1 Å². The Labute approximate surface area is 96.5 Å². The third kappa shape index (κ3) is 3.37. The van der Waals surface area contributed by atoms with Crippen molar-refractivity contribution >= 4 is 21.9 Å². The summed E-state index contributed by atoms with van der Waals surface area (Å²) in [5.74, 6) is -1.28. The highest BCUT2D eigenvalue weighted by Gasteiger charge is 2.31. The Morgan fingerprint density at radius 1 is 1.50 bits per heavy atom. The number of halogens is 4. The first-order valence-electron chi connectivity index (χ1n) is 3.83. The number of ether oxygens (including phenoxy) is 2. The van der Waals surface area contributed by atoms with Crippen LogP contribution in [0.4, 0.5) is 13.2 Å². The molecule has 8 heteroatoms. The average molecular weight is 300 g/mol. The Balaban J connectivity index is 2.96. The first-order chi connectivity index (χ1) is 7.33. The summed E-state index contributed by atoms with van der Waals surface area (Å²) in [5.41, 5.74) is -0.128. The maximum absolute atomic E-state index is 11.8. The molecule has 0 fully saturated rings. The molecule has 0 saturated carbocycles. The van der Waals surface area contributed by atoms with Crippen molar-refractivity contribution in [2.24, 2.45) is 0 Å². The van der Waals surface area contributed by atoms with Crippen molar-refractivity contribution in [3.05, 3.63) is 22.4 Å². The lowest BCUT2D eigenvalue weighted by Gasteiger charge is -2.09. The van der Waals surface area contributed by atoms with Crippen molar-refractivity contribution < 1.29 is 27.4 Å². The summed E-state index contributed by atoms with van der Waals surface area (Å²) >= 11 is 2.89. The number of hydrogen-bond acceptors (Lipinski definition) is 4. The Bertz CT molecular complexity index is 408. The van der Waals surface area contributed by atoms with Crippen LogP contribution in [0.25, 0.3) is 0 Å². The van der Waals surface area contributed by atoms with E-state index in [-0.39, 0.29) is 10.2 Å². The normalized spacial score (nSPS) is 11.1. The predicted molar refractivity (Wildman–Crippen MR) is 50.0 cm³/mol. The number of rotatable bonds is 2. The van der Waals surface area contributed by atoms with Gasteiger partial charge in [0.05, 0.1) is 17.8 Å². The van der Waals surface area contributed by atoms with Crippen molar-refractivity contribution in [2.75, 3.05) is 7.11 Å². The van der Waals surface area contributed by atoms with E-state index in [1.165, 1.54) is 0 Å². The third-order valence-corrected chi connectivity index (χ3v) is 2.03. The van der Waals surface area contributed by atoms with E-state index in [1.54, 1.807) is 0 Å². The topological polar surface area (TPSA) is 48.4 Å². The molecule has 0 saturated heterocycles. The quantitative estimate of drug-likeness (QED) is 0.788. The molecule has 0 radical (unpaired) electrons. The minimum Gasteiger partial charge on any atom is -0.464 e. The van der Waals surface area contributed by atoms with Crippen LogP contribution in [0.1, 0.15) is 10.5 Å². The van der Waals surface area contributed by atoms with Gasteiger partial charge in [-0.25, -0.2) is 9.78 Å². The Morgan fingerprint density at radius 2 is 2.12 bits per heavy atom. The number of carbonyl (C=O) groups excluding carboxylic acids is 1. The van der Waals surface area contributed by atoms with Gasteiger partial charge < -0.3 is 9.47 Å². The van der Waals surface area contributed by atoms with Gasteiger partial charge in [0.25, 0.3) is 0 Å². The molecule has 0 aliphatic heterocycles. The molecule has 0 aliphatic carbocycles. The lowest BCUT2D eigenvalue weighted by molar-refractivity contribution is -0.274. The molecule has 0 spiro atoms. The minimum absolute atomic E-state index is 0.0566. The zero-order valence-electron chi connectivity index (χ0n) is 7.84. The molecule has 1 aromatic heterocycles. The molecule has 0 N–H and O–H groups in total. The first-order valence-corrected chi connectivity index (χ1v) is 4.62. The molecular formula is C8H5BrF3NO3. The van der Waals surface area contributed by atoms with Crippen molar-refractivity contribution in [1.82, 2.24) is 4.98 Å². The van der Waals surface area contributed by atoms with E-state index in [0.717, 1.165) is 19.4 Å². The fraction of sp³-hybridized carbons (Fsp3) is 0.250. The second kappa shape index (κ2) is 4.69. The average Bonchev–Trinajstić information content (AvgIpc) is 2.14. The zero-order valence-corrected chi connectivity index (χ0v) is 9.42. The molecule has 0 atom stereocenters. The van der Waals surface area contributed by atoms with Crippen molar-refractivity contribution in [3.8, 4) is 5.75 Å². The Morgan fingerprint density at radius 3 is 2.56 bits per heavy atom. The van der Waals surface area contributed by atoms with Gasteiger partial charge in [-0.3, -0.25) is 0 Å². The summed E-state index contributed by atoms with van der Waals surface area (Å²) in [6, 6.07) is 0.979. The first kappa shape index (κ1) is 12.8. The number of hydrogen-bond donors (Lipinski definition) is 0. The maximum Gasteiger partial charge on any atom is 0.573 e. The molecule has 0 aliphatic rings. The van der Waals surface area contributed by atoms with Gasteiger partial charge in [-0.15, -0.1) is 13.2 Å². The van der Waals surface area contributed by atoms with Gasteiger partial charge in [0.1, 0.15) is 5.75 Å². The fourth-order valence-corrected chi connectivity index (χ4v) is 1.35. The van der Waals surface area contributed by atoms with E-state index >= 15 is 0 Å². The smallest absolute Gasteiger partial charge is 0.464 e. The van der Waals surface area contributed by atoms with Gasteiger partial charge in [-0.2, -0.15) is 0 Å². The summed E-state index contributed by atoms with van der Waals surface area (Å²) in [6.45, 7) is 0. The highest BCUT2D eigenvalue weighted by atomic mass is 79.9.